The first kappa shape index (κ1) is 23.3. The van der Waals surface area contributed by atoms with Crippen LogP contribution in [-0.4, -0.2) is 36.4 Å². The Balaban J connectivity index is 1.59. The van der Waals surface area contributed by atoms with Crippen molar-refractivity contribution in [2.45, 2.75) is 31.2 Å². The number of alkyl halides is 3. The minimum absolute atomic E-state index is 0.0110. The van der Waals surface area contributed by atoms with Gasteiger partial charge >= 0.3 is 6.18 Å². The van der Waals surface area contributed by atoms with E-state index in [1.807, 2.05) is 0 Å². The summed E-state index contributed by atoms with van der Waals surface area (Å²) in [5.74, 6) is -0.993. The van der Waals surface area contributed by atoms with Gasteiger partial charge in [-0.25, -0.2) is 5.48 Å². The third kappa shape index (κ3) is 4.38. The maximum atomic E-state index is 14.1. The van der Waals surface area contributed by atoms with E-state index in [4.69, 9.17) is 32.9 Å². The first-order chi connectivity index (χ1) is 15.5. The number of hydrogen-bond donors (Lipinski definition) is 2. The molecule has 2 aliphatic rings. The van der Waals surface area contributed by atoms with Crippen molar-refractivity contribution in [3.63, 3.8) is 0 Å². The number of nitrogens with one attached hydrogen (secondary N) is 2. The molecule has 2 amide bonds. The molecule has 2 heterocycles. The Morgan fingerprint density at radius 1 is 1.21 bits per heavy atom. The van der Waals surface area contributed by atoms with Gasteiger partial charge in [-0.05, 0) is 48.4 Å². The molecule has 2 aliphatic heterocycles. The van der Waals surface area contributed by atoms with E-state index in [0.717, 1.165) is 12.1 Å². The molecule has 0 aromatic heterocycles. The van der Waals surface area contributed by atoms with Crippen molar-refractivity contribution in [2.75, 3.05) is 6.61 Å². The van der Waals surface area contributed by atoms with Crippen LogP contribution in [0.15, 0.2) is 41.6 Å². The average Bonchev–Trinajstić information content (AvgIpc) is 3.34. The predicted octanol–water partition coefficient (Wildman–Crippen LogP) is 4.04. The zero-order valence-corrected chi connectivity index (χ0v) is 18.4. The molecule has 2 N–H and O–H groups in total. The predicted molar refractivity (Wildman–Crippen MR) is 113 cm³/mol. The summed E-state index contributed by atoms with van der Waals surface area (Å²) in [5, 5.41) is 6.31. The fourth-order valence-corrected chi connectivity index (χ4v) is 4.16. The number of oxime groups is 1. The topological polar surface area (TPSA) is 89.0 Å². The summed E-state index contributed by atoms with van der Waals surface area (Å²) in [5.41, 5.74) is 0.236. The van der Waals surface area contributed by atoms with E-state index in [1.54, 1.807) is 6.92 Å². The second-order valence-electron chi connectivity index (χ2n) is 7.62. The van der Waals surface area contributed by atoms with Crippen LogP contribution in [0.2, 0.25) is 10.0 Å². The number of carbonyl (C=O) groups is 2. The maximum Gasteiger partial charge on any atom is 0.435 e. The molecule has 0 radical (unpaired) electrons. The van der Waals surface area contributed by atoms with Crippen molar-refractivity contribution in [2.24, 2.45) is 5.16 Å². The van der Waals surface area contributed by atoms with E-state index < -0.39 is 36.1 Å². The summed E-state index contributed by atoms with van der Waals surface area (Å²) in [7, 11) is 0. The molecule has 0 spiro atoms. The third-order valence-corrected chi connectivity index (χ3v) is 5.80. The number of nitrogens with zero attached hydrogens (tertiary/aromatic N) is 1. The van der Waals surface area contributed by atoms with E-state index in [0.29, 0.717) is 11.1 Å². The molecular weight excluding hydrogens is 486 g/mol. The molecular formula is C21H16Cl2F3N3O4. The Morgan fingerprint density at radius 2 is 1.91 bits per heavy atom. The second-order valence-corrected chi connectivity index (χ2v) is 8.49. The van der Waals surface area contributed by atoms with Crippen molar-refractivity contribution in [1.82, 2.24) is 10.8 Å². The van der Waals surface area contributed by atoms with Crippen LogP contribution >= 0.6 is 23.2 Å². The van der Waals surface area contributed by atoms with Crippen LogP contribution in [0.1, 0.15) is 33.5 Å². The van der Waals surface area contributed by atoms with Crippen LogP contribution in [0.3, 0.4) is 0 Å². The van der Waals surface area contributed by atoms with Crippen molar-refractivity contribution in [1.29, 1.82) is 0 Å². The van der Waals surface area contributed by atoms with Gasteiger partial charge in [0.2, 0.25) is 0 Å². The number of hydroxylamine groups is 1. The van der Waals surface area contributed by atoms with Crippen molar-refractivity contribution < 1.29 is 32.4 Å². The number of benzene rings is 2. The van der Waals surface area contributed by atoms with Crippen LogP contribution in [0.4, 0.5) is 13.2 Å². The zero-order valence-electron chi connectivity index (χ0n) is 16.9. The fraction of sp³-hybridized carbons (Fsp3) is 0.286. The van der Waals surface area contributed by atoms with Gasteiger partial charge in [0, 0.05) is 27.6 Å². The second kappa shape index (κ2) is 8.51. The standard InChI is InChI=1S/C21H16Cl2F3N3O4/c1-10-4-11(2-3-15(10)18(30)27-17-9-32-29-19(17)31)16-8-20(33-28-16,21(24,25)26)12-5-13(22)7-14(23)6-12/h2-7,17H,8-9H2,1H3,(H,27,30)(H,29,31)/t17?,20-/m1/s1. The molecule has 2 atom stereocenters. The smallest absolute Gasteiger partial charge is 0.374 e. The van der Waals surface area contributed by atoms with E-state index in [1.165, 1.54) is 24.3 Å². The maximum absolute atomic E-state index is 14.1. The van der Waals surface area contributed by atoms with Gasteiger partial charge in [0.05, 0.1) is 5.71 Å². The van der Waals surface area contributed by atoms with Gasteiger partial charge in [0.25, 0.3) is 17.4 Å². The first-order valence-electron chi connectivity index (χ1n) is 9.62. The van der Waals surface area contributed by atoms with Crippen LogP contribution in [-0.2, 0) is 20.1 Å². The Kier molecular flexibility index (Phi) is 6.02. The van der Waals surface area contributed by atoms with Crippen LogP contribution in [0.5, 0.6) is 0 Å². The number of hydrogen-bond acceptors (Lipinski definition) is 5. The molecule has 174 valence electrons. The lowest BCUT2D eigenvalue weighted by Crippen LogP contribution is -2.42. The minimum Gasteiger partial charge on any atom is -0.374 e. The number of rotatable bonds is 4. The van der Waals surface area contributed by atoms with Crippen LogP contribution in [0, 0.1) is 6.92 Å². The lowest BCUT2D eigenvalue weighted by Gasteiger charge is -2.29. The van der Waals surface area contributed by atoms with Gasteiger partial charge in [0.15, 0.2) is 0 Å². The van der Waals surface area contributed by atoms with Gasteiger partial charge in [-0.15, -0.1) is 0 Å². The Bertz CT molecular complexity index is 1150. The first-order valence-corrected chi connectivity index (χ1v) is 10.4. The highest BCUT2D eigenvalue weighted by molar-refractivity contribution is 6.34. The Hall–Kier alpha value is -2.82. The molecule has 1 unspecified atom stereocenters. The molecule has 0 bridgehead atoms. The molecule has 7 nitrogen and oxygen atoms in total. The van der Waals surface area contributed by atoms with E-state index in [9.17, 15) is 22.8 Å². The molecule has 33 heavy (non-hydrogen) atoms. The van der Waals surface area contributed by atoms with Crippen LogP contribution in [0.25, 0.3) is 0 Å². The van der Waals surface area contributed by atoms with Crippen molar-refractivity contribution in [3.8, 4) is 0 Å². The molecule has 2 aromatic rings. The summed E-state index contributed by atoms with van der Waals surface area (Å²) >= 11 is 11.8. The highest BCUT2D eigenvalue weighted by Crippen LogP contribution is 2.49. The quantitative estimate of drug-likeness (QED) is 0.661. The number of halogens is 5. The highest BCUT2D eigenvalue weighted by atomic mass is 35.5. The molecule has 12 heteroatoms. The lowest BCUT2D eigenvalue weighted by atomic mass is 9.86. The van der Waals surface area contributed by atoms with E-state index in [-0.39, 0.29) is 33.5 Å². The van der Waals surface area contributed by atoms with Gasteiger partial charge in [-0.2, -0.15) is 13.2 Å². The summed E-state index contributed by atoms with van der Waals surface area (Å²) in [4.78, 5) is 33.8. The third-order valence-electron chi connectivity index (χ3n) is 5.36. The molecule has 1 fully saturated rings. The van der Waals surface area contributed by atoms with Gasteiger partial charge in [-0.1, -0.05) is 34.4 Å². The lowest BCUT2D eigenvalue weighted by molar-refractivity contribution is -0.275. The minimum atomic E-state index is -4.81. The summed E-state index contributed by atoms with van der Waals surface area (Å²) in [6.07, 6.45) is -5.43. The summed E-state index contributed by atoms with van der Waals surface area (Å²) in [6.45, 7) is 1.61. The number of amides is 2. The average molecular weight is 502 g/mol. The van der Waals surface area contributed by atoms with Gasteiger partial charge < -0.3 is 10.2 Å². The highest BCUT2D eigenvalue weighted by Gasteiger charge is 2.62. The monoisotopic (exact) mass is 501 g/mol. The molecule has 4 rings (SSSR count). The summed E-state index contributed by atoms with van der Waals surface area (Å²) < 4.78 is 42.4. The van der Waals surface area contributed by atoms with Crippen LogP contribution < -0.4 is 10.8 Å². The molecule has 0 saturated carbocycles. The van der Waals surface area contributed by atoms with Crippen molar-refractivity contribution in [3.05, 3.63) is 68.7 Å². The fourth-order valence-electron chi connectivity index (χ4n) is 3.63. The normalized spacial score (nSPS) is 22.5. The number of aryl methyl sites for hydroxylation is 1. The summed E-state index contributed by atoms with van der Waals surface area (Å²) in [6, 6.07) is 7.21. The Labute approximate surface area is 195 Å². The van der Waals surface area contributed by atoms with Crippen molar-refractivity contribution >= 4 is 40.7 Å². The largest absolute Gasteiger partial charge is 0.435 e. The van der Waals surface area contributed by atoms with E-state index >= 15 is 0 Å². The molecule has 2 aromatic carbocycles. The molecule has 1 saturated heterocycles. The zero-order chi connectivity index (χ0) is 24.0. The Morgan fingerprint density at radius 3 is 2.48 bits per heavy atom. The SMILES string of the molecule is Cc1cc(C2=NO[C@](c3cc(Cl)cc(Cl)c3)(C(F)(F)F)C2)ccc1C(=O)NC1CONC1=O. The van der Waals surface area contributed by atoms with Gasteiger partial charge in [0.1, 0.15) is 12.6 Å². The number of carbonyl (C=O) groups excluding carboxylic acids is 2. The van der Waals surface area contributed by atoms with Gasteiger partial charge in [-0.3, -0.25) is 14.4 Å². The molecule has 0 aliphatic carbocycles. The van der Waals surface area contributed by atoms with E-state index in [2.05, 4.69) is 16.0 Å².